The minimum Gasteiger partial charge on any atom is -0.314 e. The van der Waals surface area contributed by atoms with Crippen LogP contribution in [0.5, 0.6) is 0 Å². The lowest BCUT2D eigenvalue weighted by molar-refractivity contribution is 0.172. The molecule has 2 nitrogen and oxygen atoms in total. The number of piperidine rings is 1. The highest BCUT2D eigenvalue weighted by Gasteiger charge is 2.23. The molecule has 1 fully saturated rings. The first-order valence-electron chi connectivity index (χ1n) is 6.30. The molecule has 0 aromatic rings. The van der Waals surface area contributed by atoms with E-state index in [2.05, 4.69) is 45.0 Å². The second-order valence-electron chi connectivity index (χ2n) is 6.40. The van der Waals surface area contributed by atoms with Crippen LogP contribution in [0.15, 0.2) is 0 Å². The van der Waals surface area contributed by atoms with Crippen LogP contribution in [-0.4, -0.2) is 37.6 Å². The van der Waals surface area contributed by atoms with Crippen molar-refractivity contribution in [2.24, 2.45) is 11.3 Å². The summed E-state index contributed by atoms with van der Waals surface area (Å²) >= 11 is 0. The summed E-state index contributed by atoms with van der Waals surface area (Å²) in [5, 5.41) is 3.72. The van der Waals surface area contributed by atoms with Gasteiger partial charge in [0.25, 0.3) is 0 Å². The molecule has 0 aliphatic carbocycles. The standard InChI is InChI=1S/C13H28N2/c1-11-10-15(5)9-6-12(11)14-8-7-13(2,3)4/h11-12,14H,6-10H2,1-5H3. The number of hydrogen-bond acceptors (Lipinski definition) is 2. The monoisotopic (exact) mass is 212 g/mol. The van der Waals surface area contributed by atoms with Gasteiger partial charge in [-0.1, -0.05) is 27.7 Å². The normalized spacial score (nSPS) is 29.4. The van der Waals surface area contributed by atoms with Gasteiger partial charge in [0.2, 0.25) is 0 Å². The van der Waals surface area contributed by atoms with E-state index >= 15 is 0 Å². The van der Waals surface area contributed by atoms with Crippen molar-refractivity contribution in [3.8, 4) is 0 Å². The lowest BCUT2D eigenvalue weighted by atomic mass is 9.90. The van der Waals surface area contributed by atoms with Crippen molar-refractivity contribution >= 4 is 0 Å². The zero-order valence-corrected chi connectivity index (χ0v) is 11.1. The summed E-state index contributed by atoms with van der Waals surface area (Å²) in [7, 11) is 2.22. The molecule has 15 heavy (non-hydrogen) atoms. The first-order valence-corrected chi connectivity index (χ1v) is 6.30. The van der Waals surface area contributed by atoms with Gasteiger partial charge >= 0.3 is 0 Å². The summed E-state index contributed by atoms with van der Waals surface area (Å²) < 4.78 is 0. The highest BCUT2D eigenvalue weighted by molar-refractivity contribution is 4.81. The molecule has 1 saturated heterocycles. The Kier molecular flexibility index (Phi) is 4.60. The third kappa shape index (κ3) is 4.98. The first-order chi connectivity index (χ1) is 6.88. The molecule has 2 heteroatoms. The van der Waals surface area contributed by atoms with Gasteiger partial charge in [0.15, 0.2) is 0 Å². The molecule has 1 heterocycles. The largest absolute Gasteiger partial charge is 0.314 e. The Morgan fingerprint density at radius 1 is 1.33 bits per heavy atom. The lowest BCUT2D eigenvalue weighted by Gasteiger charge is -2.36. The third-order valence-corrected chi connectivity index (χ3v) is 3.39. The van der Waals surface area contributed by atoms with Gasteiger partial charge in [-0.05, 0) is 44.3 Å². The van der Waals surface area contributed by atoms with Crippen molar-refractivity contribution in [3.05, 3.63) is 0 Å². The number of likely N-dealkylation sites (tertiary alicyclic amines) is 1. The average molecular weight is 212 g/mol. The second-order valence-corrected chi connectivity index (χ2v) is 6.40. The quantitative estimate of drug-likeness (QED) is 0.772. The van der Waals surface area contributed by atoms with Crippen LogP contribution in [0.3, 0.4) is 0 Å². The predicted octanol–water partition coefficient (Wildman–Crippen LogP) is 2.35. The molecular weight excluding hydrogens is 184 g/mol. The smallest absolute Gasteiger partial charge is 0.0117 e. The van der Waals surface area contributed by atoms with Gasteiger partial charge in [0.05, 0.1) is 0 Å². The number of rotatable bonds is 3. The fourth-order valence-corrected chi connectivity index (χ4v) is 2.29. The van der Waals surface area contributed by atoms with Crippen molar-refractivity contribution in [2.75, 3.05) is 26.7 Å². The van der Waals surface area contributed by atoms with E-state index < -0.39 is 0 Å². The molecule has 0 aromatic carbocycles. The number of nitrogens with zero attached hydrogens (tertiary/aromatic N) is 1. The third-order valence-electron chi connectivity index (χ3n) is 3.39. The molecule has 0 amide bonds. The van der Waals surface area contributed by atoms with Gasteiger partial charge in [-0.3, -0.25) is 0 Å². The summed E-state index contributed by atoms with van der Waals surface area (Å²) in [5.41, 5.74) is 0.460. The average Bonchev–Trinajstić information content (AvgIpc) is 2.07. The van der Waals surface area contributed by atoms with Gasteiger partial charge in [-0.2, -0.15) is 0 Å². The molecule has 2 atom stereocenters. The van der Waals surface area contributed by atoms with Crippen LogP contribution in [-0.2, 0) is 0 Å². The molecule has 0 saturated carbocycles. The molecule has 0 spiro atoms. The van der Waals surface area contributed by atoms with Gasteiger partial charge in [-0.25, -0.2) is 0 Å². The molecule has 0 aromatic heterocycles. The maximum absolute atomic E-state index is 3.72. The highest BCUT2D eigenvalue weighted by Crippen LogP contribution is 2.19. The van der Waals surface area contributed by atoms with Crippen molar-refractivity contribution < 1.29 is 0 Å². The van der Waals surface area contributed by atoms with E-state index in [9.17, 15) is 0 Å². The molecule has 1 aliphatic rings. The summed E-state index contributed by atoms with van der Waals surface area (Å²) in [5.74, 6) is 0.795. The van der Waals surface area contributed by atoms with E-state index in [0.29, 0.717) is 5.41 Å². The van der Waals surface area contributed by atoms with Gasteiger partial charge in [0, 0.05) is 12.6 Å². The molecule has 2 unspecified atom stereocenters. The Bertz CT molecular complexity index is 183. The Hall–Kier alpha value is -0.0800. The number of hydrogen-bond donors (Lipinski definition) is 1. The zero-order valence-electron chi connectivity index (χ0n) is 11.1. The lowest BCUT2D eigenvalue weighted by Crippen LogP contribution is -2.47. The highest BCUT2D eigenvalue weighted by atomic mass is 15.1. The van der Waals surface area contributed by atoms with E-state index in [1.165, 1.54) is 32.5 Å². The van der Waals surface area contributed by atoms with Gasteiger partial charge in [-0.15, -0.1) is 0 Å². The maximum atomic E-state index is 3.72. The fraction of sp³-hybridized carbons (Fsp3) is 1.00. The molecular formula is C13H28N2. The summed E-state index contributed by atoms with van der Waals surface area (Å²) in [4.78, 5) is 2.44. The Morgan fingerprint density at radius 2 is 2.00 bits per heavy atom. The van der Waals surface area contributed by atoms with Crippen LogP contribution in [0.4, 0.5) is 0 Å². The second kappa shape index (κ2) is 5.31. The molecule has 1 N–H and O–H groups in total. The maximum Gasteiger partial charge on any atom is 0.0117 e. The van der Waals surface area contributed by atoms with Gasteiger partial charge < -0.3 is 10.2 Å². The van der Waals surface area contributed by atoms with Crippen molar-refractivity contribution in [1.29, 1.82) is 0 Å². The van der Waals surface area contributed by atoms with Crippen LogP contribution in [0, 0.1) is 11.3 Å². The van der Waals surface area contributed by atoms with Crippen LogP contribution in [0.25, 0.3) is 0 Å². The van der Waals surface area contributed by atoms with Crippen LogP contribution < -0.4 is 5.32 Å². The van der Waals surface area contributed by atoms with Crippen molar-refractivity contribution in [2.45, 2.75) is 46.6 Å². The van der Waals surface area contributed by atoms with Crippen LogP contribution in [0.1, 0.15) is 40.5 Å². The Balaban J connectivity index is 2.21. The van der Waals surface area contributed by atoms with Crippen LogP contribution in [0.2, 0.25) is 0 Å². The zero-order chi connectivity index (χ0) is 11.5. The van der Waals surface area contributed by atoms with E-state index in [4.69, 9.17) is 0 Å². The SMILES string of the molecule is CC1CN(C)CCC1NCCC(C)(C)C. The van der Waals surface area contributed by atoms with E-state index in [1.54, 1.807) is 0 Å². The fourth-order valence-electron chi connectivity index (χ4n) is 2.29. The van der Waals surface area contributed by atoms with Gasteiger partial charge in [0.1, 0.15) is 0 Å². The molecule has 0 radical (unpaired) electrons. The van der Waals surface area contributed by atoms with Crippen molar-refractivity contribution in [3.63, 3.8) is 0 Å². The topological polar surface area (TPSA) is 15.3 Å². The number of nitrogens with one attached hydrogen (secondary N) is 1. The Labute approximate surface area is 95.4 Å². The first kappa shape index (κ1) is 13.0. The molecule has 0 bridgehead atoms. The summed E-state index contributed by atoms with van der Waals surface area (Å²) in [6, 6.07) is 0.739. The van der Waals surface area contributed by atoms with E-state index in [0.717, 1.165) is 12.0 Å². The molecule has 1 rings (SSSR count). The predicted molar refractivity (Wildman–Crippen MR) is 67.1 cm³/mol. The van der Waals surface area contributed by atoms with E-state index in [1.807, 2.05) is 0 Å². The molecule has 1 aliphatic heterocycles. The summed E-state index contributed by atoms with van der Waals surface area (Å²) in [6.45, 7) is 13.0. The van der Waals surface area contributed by atoms with Crippen LogP contribution >= 0.6 is 0 Å². The minimum absolute atomic E-state index is 0.460. The van der Waals surface area contributed by atoms with Crippen molar-refractivity contribution in [1.82, 2.24) is 10.2 Å². The Morgan fingerprint density at radius 3 is 2.53 bits per heavy atom. The van der Waals surface area contributed by atoms with E-state index in [-0.39, 0.29) is 0 Å². The minimum atomic E-state index is 0.460. The molecule has 90 valence electrons. The summed E-state index contributed by atoms with van der Waals surface area (Å²) in [6.07, 6.45) is 2.58.